The number of hydrogen-bond donors (Lipinski definition) is 0. The molecule has 3 rings (SSSR count). The molecule has 1 aromatic carbocycles. The van der Waals surface area contributed by atoms with Crippen molar-refractivity contribution in [3.63, 3.8) is 0 Å². The minimum absolute atomic E-state index is 0.121. The first-order chi connectivity index (χ1) is 9.65. The molecule has 1 saturated carbocycles. The van der Waals surface area contributed by atoms with Gasteiger partial charge in [-0.25, -0.2) is 9.07 Å². The van der Waals surface area contributed by atoms with Crippen molar-refractivity contribution < 1.29 is 9.31 Å². The van der Waals surface area contributed by atoms with E-state index >= 15 is 0 Å². The summed E-state index contributed by atoms with van der Waals surface area (Å²) >= 11 is 1.27. The van der Waals surface area contributed by atoms with Crippen LogP contribution in [0.3, 0.4) is 0 Å². The minimum Gasteiger partial charge on any atom is -0.258 e. The van der Waals surface area contributed by atoms with Crippen LogP contribution in [0.5, 0.6) is 0 Å². The SMILES string of the molecule is O=[N+]([O-])c1ccc(F)c(CSc2nnnn2C2CC2)c1. The van der Waals surface area contributed by atoms with E-state index in [2.05, 4.69) is 15.5 Å². The molecule has 1 heterocycles. The van der Waals surface area contributed by atoms with E-state index in [1.807, 2.05) is 0 Å². The number of rotatable bonds is 5. The van der Waals surface area contributed by atoms with Gasteiger partial charge >= 0.3 is 0 Å². The minimum atomic E-state index is -0.540. The lowest BCUT2D eigenvalue weighted by Crippen LogP contribution is -1.99. The lowest BCUT2D eigenvalue weighted by molar-refractivity contribution is -0.385. The number of nitro groups is 1. The third-order valence-electron chi connectivity index (χ3n) is 2.95. The zero-order chi connectivity index (χ0) is 14.1. The normalized spacial score (nSPS) is 14.4. The summed E-state index contributed by atoms with van der Waals surface area (Å²) in [6.45, 7) is 0. The summed E-state index contributed by atoms with van der Waals surface area (Å²) in [5.74, 6) is -0.214. The second-order valence-electron chi connectivity index (χ2n) is 4.46. The molecule has 0 N–H and O–H groups in total. The number of benzene rings is 1. The molecule has 2 aromatic rings. The second kappa shape index (κ2) is 5.16. The molecule has 20 heavy (non-hydrogen) atoms. The van der Waals surface area contributed by atoms with Gasteiger partial charge in [0.05, 0.1) is 11.0 Å². The number of thioether (sulfide) groups is 1. The van der Waals surface area contributed by atoms with Crippen LogP contribution in [0, 0.1) is 15.9 Å². The van der Waals surface area contributed by atoms with Crippen molar-refractivity contribution in [2.75, 3.05) is 0 Å². The van der Waals surface area contributed by atoms with Gasteiger partial charge in [-0.15, -0.1) is 5.10 Å². The van der Waals surface area contributed by atoms with Gasteiger partial charge in [-0.2, -0.15) is 0 Å². The molecule has 0 bridgehead atoms. The molecule has 0 unspecified atom stereocenters. The van der Waals surface area contributed by atoms with Gasteiger partial charge in [-0.1, -0.05) is 11.8 Å². The monoisotopic (exact) mass is 295 g/mol. The van der Waals surface area contributed by atoms with E-state index in [1.54, 1.807) is 4.68 Å². The highest BCUT2D eigenvalue weighted by atomic mass is 32.2. The number of tetrazole rings is 1. The smallest absolute Gasteiger partial charge is 0.258 e. The van der Waals surface area contributed by atoms with E-state index < -0.39 is 10.7 Å². The molecule has 0 aliphatic heterocycles. The van der Waals surface area contributed by atoms with E-state index in [0.29, 0.717) is 11.2 Å². The lowest BCUT2D eigenvalue weighted by atomic mass is 10.2. The van der Waals surface area contributed by atoms with Crippen LogP contribution >= 0.6 is 11.8 Å². The maximum absolute atomic E-state index is 13.6. The molecule has 0 spiro atoms. The van der Waals surface area contributed by atoms with Gasteiger partial charge in [-0.3, -0.25) is 10.1 Å². The van der Waals surface area contributed by atoms with Crippen LogP contribution in [0.2, 0.25) is 0 Å². The van der Waals surface area contributed by atoms with Crippen molar-refractivity contribution in [1.82, 2.24) is 20.2 Å². The number of non-ortho nitro benzene ring substituents is 1. The van der Waals surface area contributed by atoms with Crippen LogP contribution in [0.25, 0.3) is 0 Å². The van der Waals surface area contributed by atoms with Gasteiger partial charge in [0.2, 0.25) is 5.16 Å². The highest BCUT2D eigenvalue weighted by Gasteiger charge is 2.28. The molecular formula is C11H10FN5O2S. The van der Waals surface area contributed by atoms with Crippen LogP contribution in [0.4, 0.5) is 10.1 Å². The molecule has 0 atom stereocenters. The molecule has 1 aliphatic rings. The van der Waals surface area contributed by atoms with E-state index in [9.17, 15) is 14.5 Å². The molecule has 0 amide bonds. The fraction of sp³-hybridized carbons (Fsp3) is 0.364. The first-order valence-corrected chi connectivity index (χ1v) is 6.97. The Bertz CT molecular complexity index is 658. The predicted molar refractivity (Wildman–Crippen MR) is 68.7 cm³/mol. The standard InChI is InChI=1S/C11H10FN5O2S/c12-10-4-3-9(17(18)19)5-7(10)6-20-11-13-14-15-16(11)8-1-2-8/h3-5,8H,1-2,6H2. The molecule has 104 valence electrons. The van der Waals surface area contributed by atoms with Crippen LogP contribution in [0.1, 0.15) is 24.4 Å². The lowest BCUT2D eigenvalue weighted by Gasteiger charge is -2.03. The summed E-state index contributed by atoms with van der Waals surface area (Å²) in [6, 6.07) is 3.84. The Hall–Kier alpha value is -2.03. The van der Waals surface area contributed by atoms with Crippen LogP contribution in [-0.4, -0.2) is 25.1 Å². The van der Waals surface area contributed by atoms with Gasteiger partial charge in [0, 0.05) is 23.4 Å². The van der Waals surface area contributed by atoms with Crippen molar-refractivity contribution >= 4 is 17.4 Å². The Labute approximate surface area is 117 Å². The van der Waals surface area contributed by atoms with Crippen LogP contribution in [0.15, 0.2) is 23.4 Å². The van der Waals surface area contributed by atoms with Crippen molar-refractivity contribution in [2.45, 2.75) is 29.8 Å². The number of nitro benzene ring substituents is 1. The molecule has 1 aromatic heterocycles. The van der Waals surface area contributed by atoms with E-state index in [0.717, 1.165) is 25.0 Å². The number of aromatic nitrogens is 4. The van der Waals surface area contributed by atoms with Crippen molar-refractivity contribution in [3.05, 3.63) is 39.7 Å². The predicted octanol–water partition coefficient (Wildman–Crippen LogP) is 2.35. The topological polar surface area (TPSA) is 86.7 Å². The van der Waals surface area contributed by atoms with Crippen molar-refractivity contribution in [2.24, 2.45) is 0 Å². The molecule has 0 saturated heterocycles. The zero-order valence-electron chi connectivity index (χ0n) is 10.3. The number of halogens is 1. The van der Waals surface area contributed by atoms with Gasteiger partial charge in [-0.05, 0) is 29.3 Å². The van der Waals surface area contributed by atoms with Crippen LogP contribution < -0.4 is 0 Å². The third kappa shape index (κ3) is 2.62. The summed E-state index contributed by atoms with van der Waals surface area (Å²) in [5, 5.41) is 22.7. The quantitative estimate of drug-likeness (QED) is 0.478. The van der Waals surface area contributed by atoms with E-state index in [1.165, 1.54) is 17.8 Å². The fourth-order valence-electron chi connectivity index (χ4n) is 1.76. The largest absolute Gasteiger partial charge is 0.269 e. The first-order valence-electron chi connectivity index (χ1n) is 5.98. The maximum atomic E-state index is 13.6. The average molecular weight is 295 g/mol. The molecule has 1 fully saturated rings. The molecule has 0 radical (unpaired) electrons. The number of nitrogens with zero attached hydrogens (tertiary/aromatic N) is 5. The second-order valence-corrected chi connectivity index (χ2v) is 5.40. The van der Waals surface area contributed by atoms with Gasteiger partial charge in [0.1, 0.15) is 5.82 Å². The highest BCUT2D eigenvalue weighted by Crippen LogP contribution is 2.37. The van der Waals surface area contributed by atoms with Gasteiger partial charge in [0.15, 0.2) is 0 Å². The number of hydrogen-bond acceptors (Lipinski definition) is 6. The highest BCUT2D eigenvalue weighted by molar-refractivity contribution is 7.98. The molecule has 1 aliphatic carbocycles. The fourth-order valence-corrected chi connectivity index (χ4v) is 2.67. The van der Waals surface area contributed by atoms with Gasteiger partial charge < -0.3 is 0 Å². The maximum Gasteiger partial charge on any atom is 0.269 e. The Kier molecular flexibility index (Phi) is 3.35. The summed E-state index contributed by atoms with van der Waals surface area (Å²) in [7, 11) is 0. The average Bonchev–Trinajstić information content (AvgIpc) is 3.17. The van der Waals surface area contributed by atoms with E-state index in [-0.39, 0.29) is 17.0 Å². The summed E-state index contributed by atoms with van der Waals surface area (Å²) in [4.78, 5) is 10.1. The zero-order valence-corrected chi connectivity index (χ0v) is 11.1. The molecular weight excluding hydrogens is 285 g/mol. The van der Waals surface area contributed by atoms with Crippen molar-refractivity contribution in [1.29, 1.82) is 0 Å². The summed E-state index contributed by atoms with van der Waals surface area (Å²) in [6.07, 6.45) is 2.09. The van der Waals surface area contributed by atoms with Gasteiger partial charge in [0.25, 0.3) is 5.69 Å². The Morgan fingerprint density at radius 3 is 3.00 bits per heavy atom. The Morgan fingerprint density at radius 2 is 2.30 bits per heavy atom. The summed E-state index contributed by atoms with van der Waals surface area (Å²) in [5.41, 5.74) is 0.151. The van der Waals surface area contributed by atoms with E-state index in [4.69, 9.17) is 0 Å². The third-order valence-corrected chi connectivity index (χ3v) is 3.93. The molecule has 7 nitrogen and oxygen atoms in total. The van der Waals surface area contributed by atoms with Crippen molar-refractivity contribution in [3.8, 4) is 0 Å². The first kappa shape index (κ1) is 13.0. The molecule has 9 heteroatoms. The Balaban J connectivity index is 1.75. The van der Waals surface area contributed by atoms with Crippen LogP contribution in [-0.2, 0) is 5.75 Å². The summed E-state index contributed by atoms with van der Waals surface area (Å²) < 4.78 is 15.4. The Morgan fingerprint density at radius 1 is 1.50 bits per heavy atom.